The third-order valence-corrected chi connectivity index (χ3v) is 2.88. The van der Waals surface area contributed by atoms with E-state index in [9.17, 15) is 0 Å². The Morgan fingerprint density at radius 1 is 1.40 bits per heavy atom. The number of benzene rings is 1. The molecule has 2 unspecified atom stereocenters. The molecule has 3 nitrogen and oxygen atoms in total. The van der Waals surface area contributed by atoms with Gasteiger partial charge < -0.3 is 16.2 Å². The van der Waals surface area contributed by atoms with Crippen LogP contribution in [0.3, 0.4) is 0 Å². The first-order valence-electron chi connectivity index (χ1n) is 5.45. The van der Waals surface area contributed by atoms with Gasteiger partial charge in [-0.1, -0.05) is 24.3 Å². The van der Waals surface area contributed by atoms with Crippen LogP contribution >= 0.6 is 0 Å². The van der Waals surface area contributed by atoms with E-state index in [4.69, 9.17) is 16.2 Å². The Balaban J connectivity index is 2.13. The predicted octanol–water partition coefficient (Wildman–Crippen LogP) is 1.32. The SMILES string of the molecule is NCc1cccc(C2CC(N)CCO2)c1. The number of nitrogens with two attached hydrogens (primary N) is 2. The minimum absolute atomic E-state index is 0.153. The highest BCUT2D eigenvalue weighted by atomic mass is 16.5. The van der Waals surface area contributed by atoms with Crippen LogP contribution in [0, 0.1) is 0 Å². The van der Waals surface area contributed by atoms with Gasteiger partial charge in [-0.05, 0) is 24.0 Å². The summed E-state index contributed by atoms with van der Waals surface area (Å²) >= 11 is 0. The third kappa shape index (κ3) is 2.56. The monoisotopic (exact) mass is 206 g/mol. The molecule has 1 aliphatic rings. The normalized spacial score (nSPS) is 26.5. The minimum atomic E-state index is 0.153. The molecular formula is C12H18N2O. The Bertz CT molecular complexity index is 327. The van der Waals surface area contributed by atoms with Crippen molar-refractivity contribution >= 4 is 0 Å². The second-order valence-electron chi connectivity index (χ2n) is 4.09. The van der Waals surface area contributed by atoms with Crippen molar-refractivity contribution in [3.63, 3.8) is 0 Å². The maximum Gasteiger partial charge on any atom is 0.0839 e. The van der Waals surface area contributed by atoms with Gasteiger partial charge in [-0.15, -0.1) is 0 Å². The average Bonchev–Trinajstić information content (AvgIpc) is 2.29. The van der Waals surface area contributed by atoms with Gasteiger partial charge in [0.1, 0.15) is 0 Å². The van der Waals surface area contributed by atoms with E-state index < -0.39 is 0 Å². The number of hydrogen-bond acceptors (Lipinski definition) is 3. The molecular weight excluding hydrogens is 188 g/mol. The standard InChI is InChI=1S/C12H18N2O/c13-8-9-2-1-3-10(6-9)12-7-11(14)4-5-15-12/h1-3,6,11-12H,4-5,7-8,13-14H2. The highest BCUT2D eigenvalue weighted by Crippen LogP contribution is 2.27. The molecule has 2 atom stereocenters. The second kappa shape index (κ2) is 4.75. The van der Waals surface area contributed by atoms with E-state index in [1.807, 2.05) is 12.1 Å². The summed E-state index contributed by atoms with van der Waals surface area (Å²) in [6.45, 7) is 1.34. The quantitative estimate of drug-likeness (QED) is 0.767. The lowest BCUT2D eigenvalue weighted by Gasteiger charge is -2.27. The number of hydrogen-bond donors (Lipinski definition) is 2. The summed E-state index contributed by atoms with van der Waals surface area (Å²) in [4.78, 5) is 0. The van der Waals surface area contributed by atoms with E-state index in [1.54, 1.807) is 0 Å². The molecule has 1 saturated heterocycles. The fourth-order valence-corrected chi connectivity index (χ4v) is 1.98. The number of ether oxygens (including phenoxy) is 1. The summed E-state index contributed by atoms with van der Waals surface area (Å²) in [5.74, 6) is 0. The molecule has 1 aromatic rings. The highest BCUT2D eigenvalue weighted by Gasteiger charge is 2.21. The zero-order valence-electron chi connectivity index (χ0n) is 8.86. The van der Waals surface area contributed by atoms with Crippen LogP contribution < -0.4 is 11.5 Å². The molecule has 2 rings (SSSR count). The molecule has 0 aromatic heterocycles. The first-order chi connectivity index (χ1) is 7.29. The zero-order valence-corrected chi connectivity index (χ0v) is 8.86. The van der Waals surface area contributed by atoms with E-state index in [0.717, 1.165) is 25.0 Å². The fourth-order valence-electron chi connectivity index (χ4n) is 1.98. The van der Waals surface area contributed by atoms with Crippen molar-refractivity contribution in [1.29, 1.82) is 0 Å². The summed E-state index contributed by atoms with van der Waals surface area (Å²) in [7, 11) is 0. The lowest BCUT2D eigenvalue weighted by atomic mass is 9.97. The zero-order chi connectivity index (χ0) is 10.7. The molecule has 1 aromatic carbocycles. The van der Waals surface area contributed by atoms with Gasteiger partial charge in [0, 0.05) is 19.2 Å². The number of rotatable bonds is 2. The maximum atomic E-state index is 5.93. The molecule has 0 aliphatic carbocycles. The molecule has 0 amide bonds. The summed E-state index contributed by atoms with van der Waals surface area (Å²) in [5, 5.41) is 0. The van der Waals surface area contributed by atoms with Gasteiger partial charge in [-0.3, -0.25) is 0 Å². The van der Waals surface area contributed by atoms with E-state index in [-0.39, 0.29) is 12.1 Å². The molecule has 82 valence electrons. The molecule has 1 aliphatic heterocycles. The average molecular weight is 206 g/mol. The Morgan fingerprint density at radius 3 is 3.00 bits per heavy atom. The predicted molar refractivity (Wildman–Crippen MR) is 60.2 cm³/mol. The Kier molecular flexibility index (Phi) is 3.36. The van der Waals surface area contributed by atoms with Crippen molar-refractivity contribution in [3.8, 4) is 0 Å². The Labute approximate surface area is 90.4 Å². The lowest BCUT2D eigenvalue weighted by Crippen LogP contribution is -2.30. The van der Waals surface area contributed by atoms with Crippen LogP contribution in [0.15, 0.2) is 24.3 Å². The highest BCUT2D eigenvalue weighted by molar-refractivity contribution is 5.25. The van der Waals surface area contributed by atoms with Gasteiger partial charge in [0.25, 0.3) is 0 Å². The van der Waals surface area contributed by atoms with Crippen LogP contribution in [-0.4, -0.2) is 12.6 Å². The summed E-state index contributed by atoms with van der Waals surface area (Å²) < 4.78 is 5.71. The molecule has 0 saturated carbocycles. The molecule has 3 heteroatoms. The van der Waals surface area contributed by atoms with Gasteiger partial charge in [0.05, 0.1) is 6.10 Å². The molecule has 0 radical (unpaired) electrons. The van der Waals surface area contributed by atoms with Crippen molar-refractivity contribution in [2.45, 2.75) is 31.5 Å². The molecule has 15 heavy (non-hydrogen) atoms. The van der Waals surface area contributed by atoms with E-state index in [0.29, 0.717) is 6.54 Å². The largest absolute Gasteiger partial charge is 0.373 e. The van der Waals surface area contributed by atoms with Crippen LogP contribution in [-0.2, 0) is 11.3 Å². The topological polar surface area (TPSA) is 61.3 Å². The van der Waals surface area contributed by atoms with Crippen molar-refractivity contribution in [2.24, 2.45) is 11.5 Å². The van der Waals surface area contributed by atoms with Gasteiger partial charge in [0.15, 0.2) is 0 Å². The van der Waals surface area contributed by atoms with Crippen molar-refractivity contribution < 1.29 is 4.74 Å². The van der Waals surface area contributed by atoms with Crippen LogP contribution in [0.25, 0.3) is 0 Å². The first kappa shape index (κ1) is 10.6. The summed E-state index contributed by atoms with van der Waals surface area (Å²) in [6.07, 6.45) is 2.03. The third-order valence-electron chi connectivity index (χ3n) is 2.88. The summed E-state index contributed by atoms with van der Waals surface area (Å²) in [6, 6.07) is 8.53. The second-order valence-corrected chi connectivity index (χ2v) is 4.09. The Hall–Kier alpha value is -0.900. The fraction of sp³-hybridized carbons (Fsp3) is 0.500. The van der Waals surface area contributed by atoms with E-state index in [2.05, 4.69) is 12.1 Å². The van der Waals surface area contributed by atoms with Crippen LogP contribution in [0.4, 0.5) is 0 Å². The molecule has 4 N–H and O–H groups in total. The molecule has 1 heterocycles. The molecule has 0 bridgehead atoms. The van der Waals surface area contributed by atoms with Crippen molar-refractivity contribution in [1.82, 2.24) is 0 Å². The van der Waals surface area contributed by atoms with Crippen molar-refractivity contribution in [3.05, 3.63) is 35.4 Å². The van der Waals surface area contributed by atoms with Gasteiger partial charge in [-0.2, -0.15) is 0 Å². The van der Waals surface area contributed by atoms with Crippen molar-refractivity contribution in [2.75, 3.05) is 6.61 Å². The molecule has 0 spiro atoms. The summed E-state index contributed by atoms with van der Waals surface area (Å²) in [5.41, 5.74) is 13.9. The van der Waals surface area contributed by atoms with E-state index >= 15 is 0 Å². The lowest BCUT2D eigenvalue weighted by molar-refractivity contribution is 0.00664. The maximum absolute atomic E-state index is 5.93. The minimum Gasteiger partial charge on any atom is -0.373 e. The van der Waals surface area contributed by atoms with Gasteiger partial charge in [0.2, 0.25) is 0 Å². The first-order valence-corrected chi connectivity index (χ1v) is 5.45. The Morgan fingerprint density at radius 2 is 2.27 bits per heavy atom. The van der Waals surface area contributed by atoms with Crippen LogP contribution in [0.5, 0.6) is 0 Å². The van der Waals surface area contributed by atoms with Gasteiger partial charge in [-0.25, -0.2) is 0 Å². The van der Waals surface area contributed by atoms with Crippen LogP contribution in [0.1, 0.15) is 30.1 Å². The van der Waals surface area contributed by atoms with E-state index in [1.165, 1.54) is 5.56 Å². The van der Waals surface area contributed by atoms with Crippen LogP contribution in [0.2, 0.25) is 0 Å². The van der Waals surface area contributed by atoms with Gasteiger partial charge >= 0.3 is 0 Å². The smallest absolute Gasteiger partial charge is 0.0839 e. The molecule has 1 fully saturated rings.